The molecule has 1 aliphatic heterocycles. The maximum atomic E-state index is 12.5. The Balaban J connectivity index is 1.68. The van der Waals surface area contributed by atoms with Gasteiger partial charge in [-0.1, -0.05) is 30.3 Å². The van der Waals surface area contributed by atoms with Crippen molar-refractivity contribution < 1.29 is 23.9 Å². The molecule has 1 aliphatic carbocycles. The lowest BCUT2D eigenvalue weighted by Crippen LogP contribution is -2.44. The molecule has 122 valence electrons. The Hall–Kier alpha value is -2.37. The number of methoxy groups -OCH3 is 1. The third-order valence-electron chi connectivity index (χ3n) is 4.68. The van der Waals surface area contributed by atoms with Crippen molar-refractivity contribution in [2.75, 3.05) is 13.7 Å². The molecule has 4 atom stereocenters. The van der Waals surface area contributed by atoms with E-state index in [4.69, 9.17) is 9.47 Å². The average molecular weight is 317 g/mol. The minimum Gasteiger partial charge on any atom is -0.469 e. The van der Waals surface area contributed by atoms with Crippen molar-refractivity contribution >= 4 is 17.8 Å². The van der Waals surface area contributed by atoms with Gasteiger partial charge in [0.05, 0.1) is 13.0 Å². The highest BCUT2D eigenvalue weighted by Gasteiger charge is 2.68. The lowest BCUT2D eigenvalue weighted by atomic mass is 10.1. The van der Waals surface area contributed by atoms with Gasteiger partial charge >= 0.3 is 11.9 Å². The van der Waals surface area contributed by atoms with Gasteiger partial charge in [0.1, 0.15) is 12.6 Å². The highest BCUT2D eigenvalue weighted by molar-refractivity contribution is 5.88. The third kappa shape index (κ3) is 2.81. The van der Waals surface area contributed by atoms with Crippen LogP contribution in [0.3, 0.4) is 0 Å². The van der Waals surface area contributed by atoms with Crippen LogP contribution in [0.4, 0.5) is 0 Å². The minimum absolute atomic E-state index is 0.000579. The Kier molecular flexibility index (Phi) is 4.07. The Labute approximate surface area is 134 Å². The van der Waals surface area contributed by atoms with Crippen LogP contribution >= 0.6 is 0 Å². The molecule has 0 aromatic heterocycles. The maximum Gasteiger partial charge on any atom is 0.329 e. The molecule has 6 nitrogen and oxygen atoms in total. The van der Waals surface area contributed by atoms with Crippen molar-refractivity contribution in [2.24, 2.45) is 17.8 Å². The number of carbonyl (C=O) groups excluding carboxylic acids is 3. The summed E-state index contributed by atoms with van der Waals surface area (Å²) in [5.74, 6) is -1.44. The van der Waals surface area contributed by atoms with Gasteiger partial charge in [0, 0.05) is 19.4 Å². The molecule has 1 saturated carbocycles. The van der Waals surface area contributed by atoms with Crippen LogP contribution in [0.25, 0.3) is 0 Å². The Morgan fingerprint density at radius 1 is 1.17 bits per heavy atom. The van der Waals surface area contributed by atoms with E-state index in [2.05, 4.69) is 0 Å². The van der Waals surface area contributed by atoms with E-state index in [1.54, 1.807) is 0 Å². The second-order valence-electron chi connectivity index (χ2n) is 6.00. The second-order valence-corrected chi connectivity index (χ2v) is 6.00. The van der Waals surface area contributed by atoms with Gasteiger partial charge in [-0.05, 0) is 11.5 Å². The van der Waals surface area contributed by atoms with Crippen molar-refractivity contribution in [2.45, 2.75) is 19.6 Å². The van der Waals surface area contributed by atoms with Gasteiger partial charge in [-0.3, -0.25) is 9.59 Å². The van der Waals surface area contributed by atoms with Crippen LogP contribution in [0.15, 0.2) is 30.3 Å². The van der Waals surface area contributed by atoms with Gasteiger partial charge in [0.15, 0.2) is 0 Å². The molecule has 3 rings (SSSR count). The molecule has 6 heteroatoms. The fraction of sp³-hybridized carbons (Fsp3) is 0.471. The molecule has 0 bridgehead atoms. The molecular weight excluding hydrogens is 298 g/mol. The predicted octanol–water partition coefficient (Wildman–Crippen LogP) is 0.996. The number of likely N-dealkylation sites (tertiary alicyclic amines) is 1. The Morgan fingerprint density at radius 3 is 2.48 bits per heavy atom. The van der Waals surface area contributed by atoms with Crippen LogP contribution in [-0.2, 0) is 30.5 Å². The SMILES string of the molecule is COC(=O)[C@@H]1[C@H]2CN(C(C)=O)[C@H](C(=O)OCc3ccccc3)[C@H]21. The maximum absolute atomic E-state index is 12.5. The lowest BCUT2D eigenvalue weighted by Gasteiger charge is -2.26. The molecule has 0 N–H and O–H groups in total. The number of nitrogens with zero attached hydrogens (tertiary/aromatic N) is 1. The highest BCUT2D eigenvalue weighted by atomic mass is 16.5. The van der Waals surface area contributed by atoms with E-state index in [0.717, 1.165) is 5.56 Å². The Bertz CT molecular complexity index is 629. The van der Waals surface area contributed by atoms with Crippen molar-refractivity contribution in [1.82, 2.24) is 4.90 Å². The molecule has 1 aromatic carbocycles. The molecule has 0 spiro atoms. The van der Waals surface area contributed by atoms with Crippen LogP contribution in [0.5, 0.6) is 0 Å². The molecule has 0 unspecified atom stereocenters. The van der Waals surface area contributed by atoms with Crippen LogP contribution in [0.2, 0.25) is 0 Å². The summed E-state index contributed by atoms with van der Waals surface area (Å²) < 4.78 is 10.1. The molecule has 1 heterocycles. The van der Waals surface area contributed by atoms with Gasteiger partial charge in [0.25, 0.3) is 0 Å². The highest BCUT2D eigenvalue weighted by Crippen LogP contribution is 2.56. The fourth-order valence-electron chi connectivity index (χ4n) is 3.51. The fourth-order valence-corrected chi connectivity index (χ4v) is 3.51. The molecule has 1 amide bonds. The van der Waals surface area contributed by atoms with E-state index in [1.807, 2.05) is 30.3 Å². The first-order valence-corrected chi connectivity index (χ1v) is 7.60. The summed E-state index contributed by atoms with van der Waals surface area (Å²) in [6.07, 6.45) is 0. The molecule has 2 fully saturated rings. The molecule has 1 aromatic rings. The summed E-state index contributed by atoms with van der Waals surface area (Å²) in [6, 6.07) is 8.65. The van der Waals surface area contributed by atoms with Crippen LogP contribution in [0, 0.1) is 17.8 Å². The van der Waals surface area contributed by atoms with E-state index in [9.17, 15) is 14.4 Å². The first kappa shape index (κ1) is 15.5. The number of amides is 1. The lowest BCUT2D eigenvalue weighted by molar-refractivity contribution is -0.156. The van der Waals surface area contributed by atoms with Crippen molar-refractivity contribution in [3.63, 3.8) is 0 Å². The topological polar surface area (TPSA) is 72.9 Å². The zero-order chi connectivity index (χ0) is 16.6. The molecule has 1 saturated heterocycles. The van der Waals surface area contributed by atoms with Crippen LogP contribution in [-0.4, -0.2) is 42.4 Å². The Morgan fingerprint density at radius 2 is 1.87 bits per heavy atom. The van der Waals surface area contributed by atoms with Crippen LogP contribution < -0.4 is 0 Å². The zero-order valence-corrected chi connectivity index (χ0v) is 13.1. The van der Waals surface area contributed by atoms with Crippen molar-refractivity contribution in [3.05, 3.63) is 35.9 Å². The standard InChI is InChI=1S/C17H19NO5/c1-10(19)18-8-12-13(14(12)16(20)22-2)15(18)17(21)23-9-11-6-4-3-5-7-11/h3-7,12-15H,8-9H2,1-2H3/t12-,13+,14+,15-/m0/s1. The van der Waals surface area contributed by atoms with E-state index in [1.165, 1.54) is 18.9 Å². The van der Waals surface area contributed by atoms with Gasteiger partial charge in [-0.2, -0.15) is 0 Å². The number of benzene rings is 1. The normalized spacial score (nSPS) is 28.0. The van der Waals surface area contributed by atoms with Crippen molar-refractivity contribution in [3.8, 4) is 0 Å². The summed E-state index contributed by atoms with van der Waals surface area (Å²) in [5, 5.41) is 0. The number of hydrogen-bond donors (Lipinski definition) is 0. The van der Waals surface area contributed by atoms with Gasteiger partial charge in [0.2, 0.25) is 5.91 Å². The van der Waals surface area contributed by atoms with Gasteiger partial charge in [-0.15, -0.1) is 0 Å². The van der Waals surface area contributed by atoms with Gasteiger partial charge < -0.3 is 14.4 Å². The molecular formula is C17H19NO5. The number of rotatable bonds is 4. The number of hydrogen-bond acceptors (Lipinski definition) is 5. The molecule has 2 aliphatic rings. The quantitative estimate of drug-likeness (QED) is 0.775. The minimum atomic E-state index is -0.690. The average Bonchev–Trinajstić information content (AvgIpc) is 3.12. The van der Waals surface area contributed by atoms with Crippen LogP contribution in [0.1, 0.15) is 12.5 Å². The summed E-state index contributed by atoms with van der Waals surface area (Å²) in [6.45, 7) is 1.99. The van der Waals surface area contributed by atoms with E-state index < -0.39 is 12.0 Å². The number of carbonyl (C=O) groups is 3. The smallest absolute Gasteiger partial charge is 0.329 e. The summed E-state index contributed by atoms with van der Waals surface area (Å²) in [7, 11) is 1.34. The third-order valence-corrected chi connectivity index (χ3v) is 4.68. The number of fused-ring (bicyclic) bond motifs is 1. The molecule has 23 heavy (non-hydrogen) atoms. The van der Waals surface area contributed by atoms with Crippen molar-refractivity contribution in [1.29, 1.82) is 0 Å². The summed E-state index contributed by atoms with van der Waals surface area (Å²) >= 11 is 0. The van der Waals surface area contributed by atoms with E-state index in [-0.39, 0.29) is 36.2 Å². The first-order chi connectivity index (χ1) is 11.0. The monoisotopic (exact) mass is 317 g/mol. The number of ether oxygens (including phenoxy) is 2. The second kappa shape index (κ2) is 6.02. The zero-order valence-electron chi connectivity index (χ0n) is 13.1. The van der Waals surface area contributed by atoms with Gasteiger partial charge in [-0.25, -0.2) is 4.79 Å². The molecule has 0 radical (unpaired) electrons. The first-order valence-electron chi connectivity index (χ1n) is 7.60. The largest absolute Gasteiger partial charge is 0.469 e. The predicted molar refractivity (Wildman–Crippen MR) is 79.9 cm³/mol. The summed E-state index contributed by atoms with van der Waals surface area (Å²) in [4.78, 5) is 37.4. The van der Waals surface area contributed by atoms with E-state index in [0.29, 0.717) is 6.54 Å². The number of piperidine rings is 1. The van der Waals surface area contributed by atoms with E-state index >= 15 is 0 Å². The number of esters is 2. The summed E-state index contributed by atoms with van der Waals surface area (Å²) in [5.41, 5.74) is 0.880.